The maximum atomic E-state index is 11.4. The monoisotopic (exact) mass is 282 g/mol. The van der Waals surface area contributed by atoms with E-state index in [-0.39, 0.29) is 5.63 Å². The van der Waals surface area contributed by atoms with Crippen LogP contribution in [-0.4, -0.2) is 7.11 Å². The van der Waals surface area contributed by atoms with Gasteiger partial charge < -0.3 is 9.15 Å². The molecule has 108 valence electrons. The standard InChI is InChI=1S/C11H10O3.C7H8/c1-7-10(13-2)8-5-3-4-6-9(8)14-11(7)12;1-7-5-3-2-4-6-7/h3-6H,1-2H3;2-6H,1H3. The Labute approximate surface area is 123 Å². The molecule has 3 nitrogen and oxygen atoms in total. The lowest BCUT2D eigenvalue weighted by molar-refractivity contribution is 0.409. The highest BCUT2D eigenvalue weighted by Crippen LogP contribution is 2.25. The number of hydrogen-bond donors (Lipinski definition) is 0. The molecule has 0 saturated heterocycles. The van der Waals surface area contributed by atoms with E-state index in [1.54, 1.807) is 20.1 Å². The van der Waals surface area contributed by atoms with Gasteiger partial charge in [-0.2, -0.15) is 0 Å². The van der Waals surface area contributed by atoms with Crippen molar-refractivity contribution in [1.82, 2.24) is 0 Å². The molecule has 0 aliphatic heterocycles. The van der Waals surface area contributed by atoms with Gasteiger partial charge in [0, 0.05) is 0 Å². The normalized spacial score (nSPS) is 9.86. The molecule has 0 radical (unpaired) electrons. The van der Waals surface area contributed by atoms with Gasteiger partial charge in [0.2, 0.25) is 0 Å². The molecular weight excluding hydrogens is 264 g/mol. The predicted octanol–water partition coefficient (Wildman–Crippen LogP) is 4.11. The molecule has 0 aliphatic carbocycles. The Morgan fingerprint density at radius 3 is 2.10 bits per heavy atom. The van der Waals surface area contributed by atoms with Crippen molar-refractivity contribution in [3.05, 3.63) is 76.1 Å². The Kier molecular flexibility index (Phi) is 4.77. The van der Waals surface area contributed by atoms with Crippen LogP contribution in [0.25, 0.3) is 11.0 Å². The van der Waals surface area contributed by atoms with Crippen LogP contribution in [0.3, 0.4) is 0 Å². The number of fused-ring (bicyclic) bond motifs is 1. The minimum atomic E-state index is -0.347. The van der Waals surface area contributed by atoms with Crippen LogP contribution in [0, 0.1) is 13.8 Å². The maximum Gasteiger partial charge on any atom is 0.342 e. The number of benzene rings is 2. The van der Waals surface area contributed by atoms with Crippen molar-refractivity contribution in [1.29, 1.82) is 0 Å². The van der Waals surface area contributed by atoms with Gasteiger partial charge in [-0.05, 0) is 26.0 Å². The molecule has 0 aliphatic rings. The number of hydrogen-bond acceptors (Lipinski definition) is 3. The van der Waals surface area contributed by atoms with Crippen molar-refractivity contribution >= 4 is 11.0 Å². The first kappa shape index (κ1) is 14.9. The van der Waals surface area contributed by atoms with Crippen LogP contribution in [0.1, 0.15) is 11.1 Å². The molecule has 0 spiro atoms. The molecule has 3 rings (SSSR count). The summed E-state index contributed by atoms with van der Waals surface area (Å²) in [6.45, 7) is 3.77. The fourth-order valence-corrected chi connectivity index (χ4v) is 2.01. The van der Waals surface area contributed by atoms with E-state index in [4.69, 9.17) is 9.15 Å². The summed E-state index contributed by atoms with van der Waals surface area (Å²) in [5.74, 6) is 0.594. The maximum absolute atomic E-state index is 11.4. The summed E-state index contributed by atoms with van der Waals surface area (Å²) in [6.07, 6.45) is 0. The third-order valence-electron chi connectivity index (χ3n) is 3.13. The number of methoxy groups -OCH3 is 1. The molecule has 0 fully saturated rings. The van der Waals surface area contributed by atoms with Gasteiger partial charge in [-0.1, -0.05) is 48.0 Å². The molecule has 0 bridgehead atoms. The van der Waals surface area contributed by atoms with Gasteiger partial charge in [0.15, 0.2) is 0 Å². The molecule has 0 saturated carbocycles. The van der Waals surface area contributed by atoms with Gasteiger partial charge in [-0.25, -0.2) is 4.79 Å². The second kappa shape index (κ2) is 6.75. The quantitative estimate of drug-likeness (QED) is 0.631. The smallest absolute Gasteiger partial charge is 0.342 e. The lowest BCUT2D eigenvalue weighted by Gasteiger charge is -2.06. The van der Waals surface area contributed by atoms with Gasteiger partial charge in [0.25, 0.3) is 0 Å². The lowest BCUT2D eigenvalue weighted by atomic mass is 10.2. The van der Waals surface area contributed by atoms with E-state index in [1.807, 2.05) is 36.4 Å². The summed E-state index contributed by atoms with van der Waals surface area (Å²) in [7, 11) is 1.55. The van der Waals surface area contributed by atoms with Gasteiger partial charge in [-0.3, -0.25) is 0 Å². The summed E-state index contributed by atoms with van der Waals surface area (Å²) >= 11 is 0. The van der Waals surface area contributed by atoms with E-state index in [1.165, 1.54) is 5.56 Å². The summed E-state index contributed by atoms with van der Waals surface area (Å²) in [4.78, 5) is 11.4. The van der Waals surface area contributed by atoms with Crippen LogP contribution in [0.2, 0.25) is 0 Å². The van der Waals surface area contributed by atoms with Crippen LogP contribution < -0.4 is 10.4 Å². The third kappa shape index (κ3) is 3.51. The molecule has 3 heteroatoms. The SMILES string of the molecule is COc1c(C)c(=O)oc2ccccc12.Cc1ccccc1. The van der Waals surface area contributed by atoms with Crippen LogP contribution in [0.4, 0.5) is 0 Å². The second-order valence-electron chi connectivity index (χ2n) is 4.70. The van der Waals surface area contributed by atoms with Gasteiger partial charge in [0.05, 0.1) is 18.1 Å². The third-order valence-corrected chi connectivity index (χ3v) is 3.13. The van der Waals surface area contributed by atoms with Gasteiger partial charge in [0.1, 0.15) is 11.3 Å². The molecule has 0 atom stereocenters. The first-order chi connectivity index (χ1) is 10.1. The van der Waals surface area contributed by atoms with Crippen LogP contribution in [0.15, 0.2) is 63.8 Å². The molecule has 0 N–H and O–H groups in total. The van der Waals surface area contributed by atoms with Crippen molar-refractivity contribution in [3.8, 4) is 5.75 Å². The minimum absolute atomic E-state index is 0.347. The van der Waals surface area contributed by atoms with E-state index in [0.29, 0.717) is 16.9 Å². The number of para-hydroxylation sites is 1. The predicted molar refractivity (Wildman–Crippen MR) is 85.0 cm³/mol. The molecule has 2 aromatic carbocycles. The summed E-state index contributed by atoms with van der Waals surface area (Å²) in [6, 6.07) is 17.6. The topological polar surface area (TPSA) is 39.4 Å². The molecule has 1 aromatic heterocycles. The summed E-state index contributed by atoms with van der Waals surface area (Å²) in [5.41, 5.74) is 2.04. The van der Waals surface area contributed by atoms with Gasteiger partial charge in [-0.15, -0.1) is 0 Å². The molecule has 1 heterocycles. The Morgan fingerprint density at radius 2 is 1.52 bits per heavy atom. The summed E-state index contributed by atoms with van der Waals surface area (Å²) < 4.78 is 10.3. The highest BCUT2D eigenvalue weighted by Gasteiger charge is 2.09. The largest absolute Gasteiger partial charge is 0.495 e. The minimum Gasteiger partial charge on any atom is -0.495 e. The number of aryl methyl sites for hydroxylation is 1. The van der Waals surface area contributed by atoms with Crippen molar-refractivity contribution in [2.75, 3.05) is 7.11 Å². The zero-order chi connectivity index (χ0) is 15.2. The zero-order valence-corrected chi connectivity index (χ0v) is 12.4. The highest BCUT2D eigenvalue weighted by molar-refractivity contribution is 5.84. The molecule has 3 aromatic rings. The van der Waals surface area contributed by atoms with Crippen molar-refractivity contribution in [2.24, 2.45) is 0 Å². The molecule has 21 heavy (non-hydrogen) atoms. The van der Waals surface area contributed by atoms with E-state index < -0.39 is 0 Å². The number of ether oxygens (including phenoxy) is 1. The summed E-state index contributed by atoms with van der Waals surface area (Å²) in [5, 5.41) is 0.826. The first-order valence-corrected chi connectivity index (χ1v) is 6.71. The average Bonchev–Trinajstić information content (AvgIpc) is 2.50. The van der Waals surface area contributed by atoms with Gasteiger partial charge >= 0.3 is 5.63 Å². The molecular formula is C18H18O3. The molecule has 0 unspecified atom stereocenters. The first-order valence-electron chi connectivity index (χ1n) is 6.71. The van der Waals surface area contributed by atoms with E-state index >= 15 is 0 Å². The fourth-order valence-electron chi connectivity index (χ4n) is 2.01. The van der Waals surface area contributed by atoms with E-state index in [2.05, 4.69) is 19.1 Å². The Bertz CT molecular complexity index is 773. The van der Waals surface area contributed by atoms with Crippen LogP contribution in [0.5, 0.6) is 5.75 Å². The van der Waals surface area contributed by atoms with E-state index in [9.17, 15) is 4.79 Å². The fraction of sp³-hybridized carbons (Fsp3) is 0.167. The second-order valence-corrected chi connectivity index (χ2v) is 4.70. The number of rotatable bonds is 1. The zero-order valence-electron chi connectivity index (χ0n) is 12.4. The molecule has 0 amide bonds. The van der Waals surface area contributed by atoms with Crippen LogP contribution in [-0.2, 0) is 0 Å². The van der Waals surface area contributed by atoms with Crippen molar-refractivity contribution < 1.29 is 9.15 Å². The Hall–Kier alpha value is -2.55. The Balaban J connectivity index is 0.000000194. The van der Waals surface area contributed by atoms with E-state index in [0.717, 1.165) is 5.39 Å². The van der Waals surface area contributed by atoms with Crippen molar-refractivity contribution in [2.45, 2.75) is 13.8 Å². The van der Waals surface area contributed by atoms with Crippen LogP contribution >= 0.6 is 0 Å². The van der Waals surface area contributed by atoms with Crippen molar-refractivity contribution in [3.63, 3.8) is 0 Å². The Morgan fingerprint density at radius 1 is 0.905 bits per heavy atom. The highest BCUT2D eigenvalue weighted by atomic mass is 16.5. The lowest BCUT2D eigenvalue weighted by Crippen LogP contribution is -2.05. The average molecular weight is 282 g/mol.